The molecule has 0 saturated heterocycles. The summed E-state index contributed by atoms with van der Waals surface area (Å²) >= 11 is 1.29. The lowest BCUT2D eigenvalue weighted by Gasteiger charge is -2.13. The topological polar surface area (TPSA) is 88.9 Å². The minimum Gasteiger partial charge on any atom is -0.353 e. The van der Waals surface area contributed by atoms with Crippen LogP contribution in [-0.4, -0.2) is 38.4 Å². The fourth-order valence-electron chi connectivity index (χ4n) is 3.71. The molecule has 1 saturated carbocycles. The quantitative estimate of drug-likeness (QED) is 0.510. The van der Waals surface area contributed by atoms with Crippen molar-refractivity contribution in [1.29, 1.82) is 0 Å². The fourth-order valence-corrected chi connectivity index (χ4v) is 4.50. The van der Waals surface area contributed by atoms with Crippen LogP contribution in [0.15, 0.2) is 59.8 Å². The lowest BCUT2D eigenvalue weighted by molar-refractivity contribution is -0.119. The van der Waals surface area contributed by atoms with Gasteiger partial charge in [0.2, 0.25) is 5.91 Å². The van der Waals surface area contributed by atoms with Crippen LogP contribution >= 0.6 is 11.8 Å². The number of hydrogen-bond donors (Lipinski definition) is 2. The lowest BCUT2D eigenvalue weighted by atomic mass is 10.2. The van der Waals surface area contributed by atoms with Crippen LogP contribution in [0.25, 0.3) is 5.69 Å². The Balaban J connectivity index is 1.47. The van der Waals surface area contributed by atoms with Crippen molar-refractivity contribution < 1.29 is 14.0 Å². The minimum absolute atomic E-state index is 0.0288. The highest BCUT2D eigenvalue weighted by atomic mass is 32.2. The maximum Gasteiger partial charge on any atom is 0.254 e. The van der Waals surface area contributed by atoms with Crippen molar-refractivity contribution in [2.24, 2.45) is 0 Å². The van der Waals surface area contributed by atoms with E-state index in [-0.39, 0.29) is 29.8 Å². The predicted molar refractivity (Wildman–Crippen MR) is 120 cm³/mol. The molecule has 1 fully saturated rings. The van der Waals surface area contributed by atoms with Crippen molar-refractivity contribution in [3.8, 4) is 5.69 Å². The molecular formula is C23H24FN5O2S. The molecule has 1 aliphatic carbocycles. The van der Waals surface area contributed by atoms with Crippen LogP contribution in [0.1, 0.15) is 41.9 Å². The third kappa shape index (κ3) is 5.34. The van der Waals surface area contributed by atoms with Gasteiger partial charge in [-0.15, -0.1) is 10.2 Å². The first-order chi connectivity index (χ1) is 15.6. The molecule has 0 unspecified atom stereocenters. The first-order valence-electron chi connectivity index (χ1n) is 10.6. The van der Waals surface area contributed by atoms with Crippen LogP contribution in [0.4, 0.5) is 4.39 Å². The lowest BCUT2D eigenvalue weighted by Crippen LogP contribution is -2.33. The van der Waals surface area contributed by atoms with Crippen molar-refractivity contribution in [3.63, 3.8) is 0 Å². The van der Waals surface area contributed by atoms with Crippen LogP contribution in [-0.2, 0) is 11.3 Å². The van der Waals surface area contributed by atoms with Crippen molar-refractivity contribution in [1.82, 2.24) is 25.4 Å². The molecule has 4 rings (SSSR count). The van der Waals surface area contributed by atoms with Crippen LogP contribution in [0, 0.1) is 5.82 Å². The van der Waals surface area contributed by atoms with Gasteiger partial charge in [-0.25, -0.2) is 4.39 Å². The highest BCUT2D eigenvalue weighted by molar-refractivity contribution is 7.99. The summed E-state index contributed by atoms with van der Waals surface area (Å²) in [5.74, 6) is -0.434. The normalized spacial score (nSPS) is 13.8. The van der Waals surface area contributed by atoms with Crippen molar-refractivity contribution in [2.45, 2.75) is 43.4 Å². The zero-order valence-corrected chi connectivity index (χ0v) is 18.3. The van der Waals surface area contributed by atoms with E-state index in [9.17, 15) is 14.0 Å². The third-order valence-corrected chi connectivity index (χ3v) is 6.22. The number of rotatable bonds is 8. The highest BCUT2D eigenvalue weighted by Gasteiger charge is 2.20. The van der Waals surface area contributed by atoms with Gasteiger partial charge in [-0.2, -0.15) is 0 Å². The van der Waals surface area contributed by atoms with E-state index in [1.165, 1.54) is 30.0 Å². The number of thioether (sulfide) groups is 1. The molecular weight excluding hydrogens is 429 g/mol. The fraction of sp³-hybridized carbons (Fsp3) is 0.304. The van der Waals surface area contributed by atoms with Crippen LogP contribution < -0.4 is 10.6 Å². The number of para-hydroxylation sites is 1. The molecule has 9 heteroatoms. The Morgan fingerprint density at radius 2 is 1.75 bits per heavy atom. The smallest absolute Gasteiger partial charge is 0.254 e. The van der Waals surface area contributed by atoms with Crippen LogP contribution in [0.2, 0.25) is 0 Å². The molecule has 166 valence electrons. The largest absolute Gasteiger partial charge is 0.353 e. The Morgan fingerprint density at radius 1 is 1.03 bits per heavy atom. The first kappa shape index (κ1) is 22.0. The van der Waals surface area contributed by atoms with Gasteiger partial charge >= 0.3 is 0 Å². The van der Waals surface area contributed by atoms with Gasteiger partial charge in [-0.05, 0) is 37.1 Å². The minimum atomic E-state index is -0.584. The van der Waals surface area contributed by atoms with Crippen molar-refractivity contribution in [3.05, 3.63) is 71.8 Å². The third-order valence-electron chi connectivity index (χ3n) is 5.29. The average Bonchev–Trinajstić information content (AvgIpc) is 3.46. The summed E-state index contributed by atoms with van der Waals surface area (Å²) in [6, 6.07) is 15.5. The summed E-state index contributed by atoms with van der Waals surface area (Å²) in [5, 5.41) is 14.8. The van der Waals surface area contributed by atoms with Gasteiger partial charge < -0.3 is 10.6 Å². The number of hydrogen-bond acceptors (Lipinski definition) is 5. The van der Waals surface area contributed by atoms with Gasteiger partial charge in [0.15, 0.2) is 11.0 Å². The van der Waals surface area contributed by atoms with Crippen molar-refractivity contribution >= 4 is 23.6 Å². The summed E-state index contributed by atoms with van der Waals surface area (Å²) in [5.41, 5.74) is 0.780. The molecule has 7 nitrogen and oxygen atoms in total. The van der Waals surface area contributed by atoms with Crippen LogP contribution in [0.3, 0.4) is 0 Å². The molecule has 0 atom stereocenters. The Labute approximate surface area is 189 Å². The van der Waals surface area contributed by atoms with Crippen LogP contribution in [0.5, 0.6) is 0 Å². The molecule has 32 heavy (non-hydrogen) atoms. The maximum atomic E-state index is 13.9. The monoisotopic (exact) mass is 453 g/mol. The number of benzene rings is 2. The van der Waals surface area contributed by atoms with E-state index in [1.54, 1.807) is 10.6 Å². The number of carbonyl (C=O) groups excluding carboxylic acids is 2. The van der Waals surface area contributed by atoms with E-state index in [2.05, 4.69) is 20.8 Å². The molecule has 2 aromatic carbocycles. The summed E-state index contributed by atoms with van der Waals surface area (Å²) in [6.07, 6.45) is 4.37. The molecule has 0 bridgehead atoms. The molecule has 3 aromatic rings. The number of nitrogens with zero attached hydrogens (tertiary/aromatic N) is 3. The second kappa shape index (κ2) is 10.4. The molecule has 1 aromatic heterocycles. The Bertz CT molecular complexity index is 1080. The summed E-state index contributed by atoms with van der Waals surface area (Å²) in [7, 11) is 0. The number of halogens is 1. The van der Waals surface area contributed by atoms with E-state index in [1.807, 2.05) is 30.3 Å². The Hall–Kier alpha value is -3.20. The molecule has 2 N–H and O–H groups in total. The van der Waals surface area contributed by atoms with E-state index in [0.29, 0.717) is 11.0 Å². The summed E-state index contributed by atoms with van der Waals surface area (Å²) in [4.78, 5) is 24.8. The molecule has 0 aliphatic heterocycles. The second-order valence-corrected chi connectivity index (χ2v) is 8.51. The van der Waals surface area contributed by atoms with Gasteiger partial charge in [-0.3, -0.25) is 14.2 Å². The first-order valence-corrected chi connectivity index (χ1v) is 11.5. The highest BCUT2D eigenvalue weighted by Crippen LogP contribution is 2.23. The number of nitrogens with one attached hydrogen (secondary N) is 2. The molecule has 1 heterocycles. The number of amides is 2. The average molecular weight is 454 g/mol. The molecule has 2 amide bonds. The van der Waals surface area contributed by atoms with E-state index in [4.69, 9.17) is 0 Å². The number of carbonyl (C=O) groups is 2. The number of aromatic nitrogens is 3. The zero-order valence-electron chi connectivity index (χ0n) is 17.5. The molecule has 1 aliphatic rings. The van der Waals surface area contributed by atoms with Gasteiger partial charge in [0.25, 0.3) is 5.91 Å². The van der Waals surface area contributed by atoms with E-state index >= 15 is 0 Å². The van der Waals surface area contributed by atoms with Gasteiger partial charge in [0, 0.05) is 11.7 Å². The van der Waals surface area contributed by atoms with Crippen molar-refractivity contribution in [2.75, 3.05) is 5.75 Å². The van der Waals surface area contributed by atoms with Gasteiger partial charge in [0.1, 0.15) is 5.82 Å². The van der Waals surface area contributed by atoms with Gasteiger partial charge in [0.05, 0.1) is 17.9 Å². The van der Waals surface area contributed by atoms with E-state index < -0.39 is 11.7 Å². The molecule has 0 radical (unpaired) electrons. The Kier molecular flexibility index (Phi) is 7.16. The molecule has 0 spiro atoms. The van der Waals surface area contributed by atoms with Gasteiger partial charge in [-0.1, -0.05) is 54.9 Å². The summed E-state index contributed by atoms with van der Waals surface area (Å²) in [6.45, 7) is 0.0594. The second-order valence-electron chi connectivity index (χ2n) is 7.57. The summed E-state index contributed by atoms with van der Waals surface area (Å²) < 4.78 is 15.7. The standard InChI is InChI=1S/C23H24FN5O2S/c24-19-13-7-6-12-18(19)22(31)25-14-20-27-28-23(29(20)17-10-2-1-3-11-17)32-15-21(30)26-16-8-4-5-9-16/h1-3,6-7,10-13,16H,4-5,8-9,14-15H2,(H,25,31)(H,26,30). The van der Waals surface area contributed by atoms with E-state index in [0.717, 1.165) is 31.4 Å². The zero-order chi connectivity index (χ0) is 22.3. The maximum absolute atomic E-state index is 13.9. The predicted octanol–water partition coefficient (Wildman–Crippen LogP) is 3.49. The Morgan fingerprint density at radius 3 is 2.50 bits per heavy atom. The SMILES string of the molecule is O=C(CSc1nnc(CNC(=O)c2ccccc2F)n1-c1ccccc1)NC1CCCC1.